The first kappa shape index (κ1) is 19.8. The summed E-state index contributed by atoms with van der Waals surface area (Å²) in [6.07, 6.45) is 1.59. The third-order valence-corrected chi connectivity index (χ3v) is 5.10. The molecule has 1 aliphatic rings. The van der Waals surface area contributed by atoms with Crippen LogP contribution in [0.3, 0.4) is 0 Å². The largest absolute Gasteiger partial charge is 0.497 e. The van der Waals surface area contributed by atoms with E-state index in [0.29, 0.717) is 33.6 Å². The highest BCUT2D eigenvalue weighted by molar-refractivity contribution is 6.30. The molecule has 30 heavy (non-hydrogen) atoms. The lowest BCUT2D eigenvalue weighted by molar-refractivity contribution is -0.125. The Morgan fingerprint density at radius 3 is 2.67 bits per heavy atom. The van der Waals surface area contributed by atoms with Crippen molar-refractivity contribution in [2.45, 2.75) is 12.5 Å². The molecule has 0 unspecified atom stereocenters. The molecular weight excluding hydrogens is 408 g/mol. The zero-order chi connectivity index (χ0) is 21.3. The fourth-order valence-electron chi connectivity index (χ4n) is 3.34. The van der Waals surface area contributed by atoms with Crippen molar-refractivity contribution in [3.8, 4) is 22.6 Å². The lowest BCUT2D eigenvalue weighted by Gasteiger charge is -2.25. The lowest BCUT2D eigenvalue weighted by Crippen LogP contribution is -2.35. The van der Waals surface area contributed by atoms with Gasteiger partial charge < -0.3 is 20.1 Å². The van der Waals surface area contributed by atoms with Gasteiger partial charge in [0.15, 0.2) is 0 Å². The van der Waals surface area contributed by atoms with Crippen LogP contribution in [0.4, 0.5) is 11.5 Å². The summed E-state index contributed by atoms with van der Waals surface area (Å²) in [6.45, 7) is 0. The normalized spacial score (nSPS) is 15.2. The van der Waals surface area contributed by atoms with Crippen molar-refractivity contribution in [3.63, 3.8) is 0 Å². The van der Waals surface area contributed by atoms with Gasteiger partial charge in [-0.3, -0.25) is 9.59 Å². The van der Waals surface area contributed by atoms with Gasteiger partial charge in [0.2, 0.25) is 11.8 Å². The van der Waals surface area contributed by atoms with Crippen LogP contribution < -0.4 is 20.1 Å². The Morgan fingerprint density at radius 1 is 1.20 bits per heavy atom. The number of rotatable bonds is 5. The van der Waals surface area contributed by atoms with Gasteiger partial charge in [-0.15, -0.1) is 0 Å². The molecule has 1 aromatic heterocycles. The fourth-order valence-corrected chi connectivity index (χ4v) is 3.47. The molecule has 4 rings (SSSR count). The molecule has 0 spiro atoms. The third-order valence-electron chi connectivity index (χ3n) is 4.85. The lowest BCUT2D eigenvalue weighted by atomic mass is 10.1. The number of carbonyl (C=O) groups is 2. The van der Waals surface area contributed by atoms with Gasteiger partial charge in [-0.05, 0) is 29.8 Å². The van der Waals surface area contributed by atoms with Gasteiger partial charge in [-0.2, -0.15) is 5.10 Å². The van der Waals surface area contributed by atoms with Gasteiger partial charge in [0, 0.05) is 16.7 Å². The molecule has 2 amide bonds. The average molecular weight is 427 g/mol. The van der Waals surface area contributed by atoms with Crippen molar-refractivity contribution < 1.29 is 19.1 Å². The van der Waals surface area contributed by atoms with Crippen LogP contribution in [0.15, 0.2) is 48.7 Å². The molecule has 9 heteroatoms. The van der Waals surface area contributed by atoms with E-state index >= 15 is 0 Å². The van der Waals surface area contributed by atoms with Crippen LogP contribution >= 0.6 is 11.6 Å². The monoisotopic (exact) mass is 426 g/mol. The molecule has 0 saturated carbocycles. The molecule has 0 radical (unpaired) electrons. The number of amides is 2. The van der Waals surface area contributed by atoms with E-state index in [-0.39, 0.29) is 18.2 Å². The van der Waals surface area contributed by atoms with Crippen LogP contribution in [-0.2, 0) is 9.59 Å². The van der Waals surface area contributed by atoms with E-state index in [1.54, 1.807) is 36.5 Å². The molecule has 3 aromatic rings. The molecule has 0 fully saturated rings. The Kier molecular flexibility index (Phi) is 5.33. The minimum atomic E-state index is -0.814. The highest BCUT2D eigenvalue weighted by atomic mass is 35.5. The third kappa shape index (κ3) is 3.69. The molecule has 8 nitrogen and oxygen atoms in total. The Hall–Kier alpha value is -3.52. The van der Waals surface area contributed by atoms with Crippen LogP contribution in [0.25, 0.3) is 11.1 Å². The fraction of sp³-hybridized carbons (Fsp3) is 0.190. The summed E-state index contributed by atoms with van der Waals surface area (Å²) >= 11 is 5.97. The van der Waals surface area contributed by atoms with Crippen LogP contribution in [0.5, 0.6) is 11.5 Å². The summed E-state index contributed by atoms with van der Waals surface area (Å²) in [6, 6.07) is 11.4. The first-order valence-electron chi connectivity index (χ1n) is 9.16. The molecule has 2 aromatic carbocycles. The van der Waals surface area contributed by atoms with Crippen molar-refractivity contribution in [1.82, 2.24) is 9.78 Å². The summed E-state index contributed by atoms with van der Waals surface area (Å²) in [7, 11) is 3.04. The summed E-state index contributed by atoms with van der Waals surface area (Å²) in [5, 5.41) is 10.6. The Morgan fingerprint density at radius 2 is 1.97 bits per heavy atom. The highest BCUT2D eigenvalue weighted by Gasteiger charge is 2.33. The van der Waals surface area contributed by atoms with Crippen LogP contribution in [0.2, 0.25) is 5.02 Å². The van der Waals surface area contributed by atoms with E-state index in [9.17, 15) is 9.59 Å². The second kappa shape index (κ2) is 8.08. The number of halogens is 1. The predicted octanol–water partition coefficient (Wildman–Crippen LogP) is 3.74. The Bertz CT molecular complexity index is 1110. The van der Waals surface area contributed by atoms with Gasteiger partial charge >= 0.3 is 0 Å². The zero-order valence-electron chi connectivity index (χ0n) is 16.3. The first-order valence-corrected chi connectivity index (χ1v) is 9.54. The molecule has 1 aliphatic heterocycles. The smallest absolute Gasteiger partial charge is 0.249 e. The standard InChI is InChI=1S/C21H19ClN4O4/c1-29-14-7-8-18(30-2)16(9-14)24-21(28)17-10-19(27)25-20-15(11-23-26(17)20)12-3-5-13(22)6-4-12/h3-9,11,17H,10H2,1-2H3,(H,24,28)(H,25,27)/t17-/m1/s1. The summed E-state index contributed by atoms with van der Waals surface area (Å²) in [5.41, 5.74) is 1.98. The van der Waals surface area contributed by atoms with Gasteiger partial charge in [0.25, 0.3) is 0 Å². The molecular formula is C21H19ClN4O4. The number of benzene rings is 2. The van der Waals surface area contributed by atoms with E-state index in [2.05, 4.69) is 15.7 Å². The SMILES string of the molecule is COc1ccc(OC)c(NC(=O)[C@H]2CC(=O)Nc3c(-c4ccc(Cl)cc4)cnn32)c1. The van der Waals surface area contributed by atoms with Crippen molar-refractivity contribution in [1.29, 1.82) is 0 Å². The van der Waals surface area contributed by atoms with E-state index in [0.717, 1.165) is 5.56 Å². The number of methoxy groups -OCH3 is 2. The van der Waals surface area contributed by atoms with E-state index < -0.39 is 6.04 Å². The summed E-state index contributed by atoms with van der Waals surface area (Å²) < 4.78 is 12.1. The molecule has 1 atom stereocenters. The van der Waals surface area contributed by atoms with E-state index in [1.165, 1.54) is 18.9 Å². The van der Waals surface area contributed by atoms with Crippen LogP contribution in [0.1, 0.15) is 12.5 Å². The maximum absolute atomic E-state index is 13.1. The predicted molar refractivity (Wildman–Crippen MR) is 113 cm³/mol. The molecule has 0 aliphatic carbocycles. The van der Waals surface area contributed by atoms with Crippen molar-refractivity contribution in [3.05, 3.63) is 53.7 Å². The second-order valence-electron chi connectivity index (χ2n) is 6.68. The minimum absolute atomic E-state index is 0.0349. The van der Waals surface area contributed by atoms with Crippen molar-refractivity contribution >= 4 is 34.9 Å². The average Bonchev–Trinajstić information content (AvgIpc) is 3.17. The quantitative estimate of drug-likeness (QED) is 0.648. The Balaban J connectivity index is 1.66. The maximum Gasteiger partial charge on any atom is 0.249 e. The summed E-state index contributed by atoms with van der Waals surface area (Å²) in [4.78, 5) is 25.4. The van der Waals surface area contributed by atoms with E-state index in [1.807, 2.05) is 12.1 Å². The number of anilines is 2. The molecule has 154 valence electrons. The van der Waals surface area contributed by atoms with Crippen molar-refractivity contribution in [2.75, 3.05) is 24.9 Å². The molecule has 0 saturated heterocycles. The minimum Gasteiger partial charge on any atom is -0.497 e. The second-order valence-corrected chi connectivity index (χ2v) is 7.12. The van der Waals surface area contributed by atoms with Crippen molar-refractivity contribution in [2.24, 2.45) is 0 Å². The molecule has 2 N–H and O–H groups in total. The van der Waals surface area contributed by atoms with Crippen LogP contribution in [-0.4, -0.2) is 35.8 Å². The highest BCUT2D eigenvalue weighted by Crippen LogP contribution is 2.36. The number of carbonyl (C=O) groups excluding carboxylic acids is 2. The number of hydrogen-bond acceptors (Lipinski definition) is 5. The van der Waals surface area contributed by atoms with Gasteiger partial charge in [0.1, 0.15) is 23.4 Å². The number of fused-ring (bicyclic) bond motifs is 1. The Labute approximate surface area is 177 Å². The molecule has 2 heterocycles. The van der Waals surface area contributed by atoms with Gasteiger partial charge in [-0.25, -0.2) is 4.68 Å². The van der Waals surface area contributed by atoms with Crippen LogP contribution in [0, 0.1) is 0 Å². The number of aromatic nitrogens is 2. The van der Waals surface area contributed by atoms with Gasteiger partial charge in [-0.1, -0.05) is 23.7 Å². The zero-order valence-corrected chi connectivity index (χ0v) is 17.1. The van der Waals surface area contributed by atoms with E-state index in [4.69, 9.17) is 21.1 Å². The summed E-state index contributed by atoms with van der Waals surface area (Å²) in [5.74, 6) is 0.856. The topological polar surface area (TPSA) is 94.5 Å². The maximum atomic E-state index is 13.1. The number of ether oxygens (including phenoxy) is 2. The number of nitrogens with zero attached hydrogens (tertiary/aromatic N) is 2. The first-order chi connectivity index (χ1) is 14.5. The number of nitrogens with one attached hydrogen (secondary N) is 2. The molecule has 0 bridgehead atoms. The van der Waals surface area contributed by atoms with Gasteiger partial charge in [0.05, 0.1) is 32.5 Å². The number of hydrogen-bond donors (Lipinski definition) is 2.